The van der Waals surface area contributed by atoms with Crippen LogP contribution in [-0.4, -0.2) is 32.8 Å². The second kappa shape index (κ2) is 8.44. The summed E-state index contributed by atoms with van der Waals surface area (Å²) in [6.07, 6.45) is 4.81. The molecule has 2 aromatic carbocycles. The normalized spacial score (nSPS) is 17.1. The maximum absolute atomic E-state index is 5.55. The molecule has 2 heterocycles. The van der Waals surface area contributed by atoms with Crippen LogP contribution in [0, 0.1) is 0 Å². The molecular formula is C21H23ClN2O4. The van der Waals surface area contributed by atoms with E-state index in [1.165, 1.54) is 5.56 Å². The van der Waals surface area contributed by atoms with Gasteiger partial charge >= 0.3 is 0 Å². The molecule has 0 amide bonds. The fourth-order valence-electron chi connectivity index (χ4n) is 3.35. The van der Waals surface area contributed by atoms with Gasteiger partial charge in [-0.25, -0.2) is 0 Å². The third-order valence-corrected chi connectivity index (χ3v) is 4.66. The number of fused-ring (bicyclic) bond motifs is 2. The van der Waals surface area contributed by atoms with E-state index in [1.807, 2.05) is 36.4 Å². The van der Waals surface area contributed by atoms with Crippen molar-refractivity contribution >= 4 is 24.2 Å². The van der Waals surface area contributed by atoms with Gasteiger partial charge in [-0.3, -0.25) is 0 Å². The maximum atomic E-state index is 5.55. The summed E-state index contributed by atoms with van der Waals surface area (Å²) in [5, 5.41) is 4.60. The molecule has 0 aliphatic carbocycles. The summed E-state index contributed by atoms with van der Waals surface area (Å²) in [6.45, 7) is 2.37. The summed E-state index contributed by atoms with van der Waals surface area (Å²) in [5.41, 5.74) is 7.16. The van der Waals surface area contributed by atoms with Crippen LogP contribution < -0.4 is 24.4 Å². The number of ether oxygens (including phenoxy) is 4. The highest BCUT2D eigenvalue weighted by atomic mass is 35.5. The van der Waals surface area contributed by atoms with E-state index in [4.69, 9.17) is 18.9 Å². The lowest BCUT2D eigenvalue weighted by molar-refractivity contribution is 0.174. The highest BCUT2D eigenvalue weighted by Gasteiger charge is 2.22. The SMILES string of the molecule is COc1cccc(C=CC2=NNC(C)Cc3cc4c(cc32)OCO4)c1OC.Cl. The predicted molar refractivity (Wildman–Crippen MR) is 111 cm³/mol. The van der Waals surface area contributed by atoms with Gasteiger partial charge in [0.15, 0.2) is 23.0 Å². The van der Waals surface area contributed by atoms with Crippen LogP contribution in [0.5, 0.6) is 23.0 Å². The van der Waals surface area contributed by atoms with Gasteiger partial charge in [-0.15, -0.1) is 12.4 Å². The predicted octanol–water partition coefficient (Wildman–Crippen LogP) is 3.81. The fourth-order valence-corrected chi connectivity index (χ4v) is 3.35. The topological polar surface area (TPSA) is 61.3 Å². The summed E-state index contributed by atoms with van der Waals surface area (Å²) in [4.78, 5) is 0. The Bertz CT molecular complexity index is 927. The molecule has 0 aromatic heterocycles. The Morgan fingerprint density at radius 3 is 2.64 bits per heavy atom. The molecule has 4 rings (SSSR count). The molecule has 2 aliphatic heterocycles. The van der Waals surface area contributed by atoms with Crippen molar-refractivity contribution in [2.75, 3.05) is 21.0 Å². The third kappa shape index (κ3) is 3.73. The number of hydrazone groups is 1. The van der Waals surface area contributed by atoms with Gasteiger partial charge in [0.1, 0.15) is 0 Å². The number of nitrogens with zero attached hydrogens (tertiary/aromatic N) is 1. The first-order valence-corrected chi connectivity index (χ1v) is 8.84. The van der Waals surface area contributed by atoms with Gasteiger partial charge < -0.3 is 24.4 Å². The molecule has 0 saturated carbocycles. The van der Waals surface area contributed by atoms with Crippen LogP contribution in [-0.2, 0) is 6.42 Å². The Morgan fingerprint density at radius 2 is 1.89 bits per heavy atom. The van der Waals surface area contributed by atoms with Crippen molar-refractivity contribution in [1.82, 2.24) is 5.43 Å². The molecule has 1 atom stereocenters. The van der Waals surface area contributed by atoms with Crippen molar-refractivity contribution in [2.24, 2.45) is 5.10 Å². The van der Waals surface area contributed by atoms with E-state index in [0.717, 1.165) is 34.8 Å². The van der Waals surface area contributed by atoms with Crippen molar-refractivity contribution in [1.29, 1.82) is 0 Å². The van der Waals surface area contributed by atoms with E-state index in [0.29, 0.717) is 11.5 Å². The molecule has 6 nitrogen and oxygen atoms in total. The molecule has 1 unspecified atom stereocenters. The number of halogens is 1. The smallest absolute Gasteiger partial charge is 0.231 e. The Kier molecular flexibility index (Phi) is 5.99. The van der Waals surface area contributed by atoms with Crippen LogP contribution in [0.3, 0.4) is 0 Å². The second-order valence-corrected chi connectivity index (χ2v) is 6.51. The molecule has 1 N–H and O–H groups in total. The van der Waals surface area contributed by atoms with Gasteiger partial charge in [-0.05, 0) is 49.3 Å². The number of nitrogens with one attached hydrogen (secondary N) is 1. The number of hydrogen-bond acceptors (Lipinski definition) is 6. The molecule has 2 aromatic rings. The summed E-state index contributed by atoms with van der Waals surface area (Å²) >= 11 is 0. The second-order valence-electron chi connectivity index (χ2n) is 6.51. The molecule has 0 saturated heterocycles. The van der Waals surface area contributed by atoms with Gasteiger partial charge in [0.2, 0.25) is 6.79 Å². The number of methoxy groups -OCH3 is 2. The van der Waals surface area contributed by atoms with Crippen molar-refractivity contribution in [3.8, 4) is 23.0 Å². The minimum atomic E-state index is 0. The van der Waals surface area contributed by atoms with Crippen molar-refractivity contribution in [3.05, 3.63) is 53.1 Å². The Hall–Kier alpha value is -2.86. The first kappa shape index (κ1) is 19.9. The minimum Gasteiger partial charge on any atom is -0.493 e. The highest BCUT2D eigenvalue weighted by molar-refractivity contribution is 6.12. The zero-order valence-electron chi connectivity index (χ0n) is 16.0. The molecular weight excluding hydrogens is 380 g/mol. The van der Waals surface area contributed by atoms with Crippen LogP contribution >= 0.6 is 12.4 Å². The average Bonchev–Trinajstić information content (AvgIpc) is 3.08. The lowest BCUT2D eigenvalue weighted by Gasteiger charge is -2.11. The number of hydrogen-bond donors (Lipinski definition) is 1. The van der Waals surface area contributed by atoms with E-state index in [-0.39, 0.29) is 25.2 Å². The number of allylic oxidation sites excluding steroid dienone is 1. The van der Waals surface area contributed by atoms with E-state index in [1.54, 1.807) is 14.2 Å². The standard InChI is InChI=1S/C21H22N2O4.ClH/c1-13-9-15-10-19-20(27-12-26-19)11-16(15)17(23-22-13)8-7-14-5-4-6-18(24-2)21(14)25-3;/h4-8,10-11,13,22H,9,12H2,1-3H3;1H. The van der Waals surface area contributed by atoms with E-state index in [2.05, 4.69) is 23.5 Å². The molecule has 148 valence electrons. The zero-order valence-corrected chi connectivity index (χ0v) is 16.8. The average molecular weight is 403 g/mol. The Balaban J connectivity index is 0.00000225. The maximum Gasteiger partial charge on any atom is 0.231 e. The fraction of sp³-hybridized carbons (Fsp3) is 0.286. The van der Waals surface area contributed by atoms with E-state index in [9.17, 15) is 0 Å². The lowest BCUT2D eigenvalue weighted by Crippen LogP contribution is -2.21. The van der Waals surface area contributed by atoms with Crippen LogP contribution in [0.15, 0.2) is 41.5 Å². The zero-order chi connectivity index (χ0) is 18.8. The summed E-state index contributed by atoms with van der Waals surface area (Å²) in [6, 6.07) is 10.1. The molecule has 0 bridgehead atoms. The summed E-state index contributed by atoms with van der Waals surface area (Å²) in [7, 11) is 3.27. The van der Waals surface area contributed by atoms with Gasteiger partial charge in [0.05, 0.1) is 19.9 Å². The van der Waals surface area contributed by atoms with Gasteiger partial charge in [-0.2, -0.15) is 5.10 Å². The van der Waals surface area contributed by atoms with Crippen molar-refractivity contribution in [3.63, 3.8) is 0 Å². The molecule has 0 spiro atoms. The number of rotatable bonds is 4. The summed E-state index contributed by atoms with van der Waals surface area (Å²) < 4.78 is 22.0. The van der Waals surface area contributed by atoms with Gasteiger partial charge in [-0.1, -0.05) is 12.1 Å². The number of benzene rings is 2. The van der Waals surface area contributed by atoms with Crippen LogP contribution in [0.25, 0.3) is 6.08 Å². The molecule has 28 heavy (non-hydrogen) atoms. The first-order chi connectivity index (χ1) is 13.2. The van der Waals surface area contributed by atoms with E-state index >= 15 is 0 Å². The molecule has 2 aliphatic rings. The van der Waals surface area contributed by atoms with E-state index < -0.39 is 0 Å². The largest absolute Gasteiger partial charge is 0.493 e. The number of para-hydroxylation sites is 1. The van der Waals surface area contributed by atoms with Crippen LogP contribution in [0.4, 0.5) is 0 Å². The summed E-state index contributed by atoms with van der Waals surface area (Å²) in [5.74, 6) is 2.93. The first-order valence-electron chi connectivity index (χ1n) is 8.84. The van der Waals surface area contributed by atoms with Crippen LogP contribution in [0.1, 0.15) is 23.6 Å². The highest BCUT2D eigenvalue weighted by Crippen LogP contribution is 2.36. The third-order valence-electron chi connectivity index (χ3n) is 4.66. The quantitative estimate of drug-likeness (QED) is 0.842. The van der Waals surface area contributed by atoms with Crippen LogP contribution in [0.2, 0.25) is 0 Å². The van der Waals surface area contributed by atoms with Gasteiger partial charge in [0, 0.05) is 17.2 Å². The van der Waals surface area contributed by atoms with Gasteiger partial charge in [0.25, 0.3) is 0 Å². The van der Waals surface area contributed by atoms with Crippen molar-refractivity contribution in [2.45, 2.75) is 19.4 Å². The van der Waals surface area contributed by atoms with Crippen molar-refractivity contribution < 1.29 is 18.9 Å². The monoisotopic (exact) mass is 402 g/mol. The minimum absolute atomic E-state index is 0. The molecule has 7 heteroatoms. The lowest BCUT2D eigenvalue weighted by atomic mass is 9.97. The molecule has 0 radical (unpaired) electrons. The Morgan fingerprint density at radius 1 is 1.11 bits per heavy atom. The Labute approximate surface area is 170 Å². The molecule has 0 fully saturated rings.